The second kappa shape index (κ2) is 8.76. The SMILES string of the molecule is C=C(C)CN(CC)C(=O)CN1CCN(C(=O)c2ccc(F)cc2)CC1. The van der Waals surface area contributed by atoms with E-state index >= 15 is 0 Å². The highest BCUT2D eigenvalue weighted by atomic mass is 19.1. The van der Waals surface area contributed by atoms with Gasteiger partial charge in [0.05, 0.1) is 6.54 Å². The van der Waals surface area contributed by atoms with Crippen molar-refractivity contribution in [3.8, 4) is 0 Å². The molecule has 5 nitrogen and oxygen atoms in total. The van der Waals surface area contributed by atoms with Gasteiger partial charge in [-0.3, -0.25) is 14.5 Å². The summed E-state index contributed by atoms with van der Waals surface area (Å²) < 4.78 is 13.0. The summed E-state index contributed by atoms with van der Waals surface area (Å²) in [5.41, 5.74) is 1.45. The standard InChI is InChI=1S/C19H26FN3O2/c1-4-22(13-15(2)3)18(24)14-21-9-11-23(12-10-21)19(25)16-5-7-17(20)8-6-16/h5-8H,2,4,9-14H2,1,3H3. The first-order valence-corrected chi connectivity index (χ1v) is 8.60. The maximum Gasteiger partial charge on any atom is 0.253 e. The van der Waals surface area contributed by atoms with E-state index in [9.17, 15) is 14.0 Å². The minimum absolute atomic E-state index is 0.0869. The molecule has 1 aliphatic rings. The van der Waals surface area contributed by atoms with Gasteiger partial charge in [0.1, 0.15) is 5.82 Å². The van der Waals surface area contributed by atoms with Crippen molar-refractivity contribution < 1.29 is 14.0 Å². The van der Waals surface area contributed by atoms with Crippen LogP contribution < -0.4 is 0 Å². The van der Waals surface area contributed by atoms with E-state index in [-0.39, 0.29) is 17.6 Å². The molecule has 1 fully saturated rings. The lowest BCUT2D eigenvalue weighted by molar-refractivity contribution is -0.132. The van der Waals surface area contributed by atoms with Gasteiger partial charge in [-0.2, -0.15) is 0 Å². The predicted octanol–water partition coefficient (Wildman–Crippen LogP) is 2.01. The fourth-order valence-corrected chi connectivity index (χ4v) is 2.88. The minimum atomic E-state index is -0.352. The molecule has 0 N–H and O–H groups in total. The third-order valence-electron chi connectivity index (χ3n) is 4.30. The number of rotatable bonds is 6. The summed E-state index contributed by atoms with van der Waals surface area (Å²) in [6.45, 7) is 11.8. The van der Waals surface area contributed by atoms with E-state index in [2.05, 4.69) is 11.5 Å². The summed E-state index contributed by atoms with van der Waals surface area (Å²) >= 11 is 0. The Labute approximate surface area is 148 Å². The maximum atomic E-state index is 13.0. The van der Waals surface area contributed by atoms with E-state index in [0.29, 0.717) is 51.4 Å². The van der Waals surface area contributed by atoms with Gasteiger partial charge in [-0.15, -0.1) is 0 Å². The molecule has 1 aliphatic heterocycles. The van der Waals surface area contributed by atoms with E-state index in [4.69, 9.17) is 0 Å². The van der Waals surface area contributed by atoms with E-state index in [1.54, 1.807) is 9.80 Å². The summed E-state index contributed by atoms with van der Waals surface area (Å²) in [4.78, 5) is 30.4. The zero-order valence-corrected chi connectivity index (χ0v) is 15.0. The van der Waals surface area contributed by atoms with Crippen LogP contribution in [0.1, 0.15) is 24.2 Å². The van der Waals surface area contributed by atoms with E-state index in [1.807, 2.05) is 13.8 Å². The average molecular weight is 347 g/mol. The molecule has 2 rings (SSSR count). The highest BCUT2D eigenvalue weighted by Crippen LogP contribution is 2.10. The molecule has 2 amide bonds. The summed E-state index contributed by atoms with van der Waals surface area (Å²) in [5, 5.41) is 0. The summed E-state index contributed by atoms with van der Waals surface area (Å²) in [7, 11) is 0. The lowest BCUT2D eigenvalue weighted by Gasteiger charge is -2.35. The number of carbonyl (C=O) groups is 2. The van der Waals surface area contributed by atoms with Crippen LogP contribution >= 0.6 is 0 Å². The largest absolute Gasteiger partial charge is 0.338 e. The lowest BCUT2D eigenvalue weighted by atomic mass is 10.1. The molecule has 136 valence electrons. The number of hydrogen-bond donors (Lipinski definition) is 0. The van der Waals surface area contributed by atoms with E-state index < -0.39 is 0 Å². The molecular formula is C19H26FN3O2. The smallest absolute Gasteiger partial charge is 0.253 e. The van der Waals surface area contributed by atoms with Crippen LogP contribution in [0.2, 0.25) is 0 Å². The van der Waals surface area contributed by atoms with Crippen molar-refractivity contribution in [2.45, 2.75) is 13.8 Å². The van der Waals surface area contributed by atoms with Crippen molar-refractivity contribution in [2.75, 3.05) is 45.8 Å². The van der Waals surface area contributed by atoms with E-state index in [0.717, 1.165) is 5.57 Å². The van der Waals surface area contributed by atoms with Gasteiger partial charge < -0.3 is 9.80 Å². The number of hydrogen-bond acceptors (Lipinski definition) is 3. The Hall–Kier alpha value is -2.21. The molecule has 25 heavy (non-hydrogen) atoms. The molecule has 6 heteroatoms. The highest BCUT2D eigenvalue weighted by Gasteiger charge is 2.24. The molecule has 1 aromatic rings. The van der Waals surface area contributed by atoms with Gasteiger partial charge in [0.2, 0.25) is 5.91 Å². The first-order chi connectivity index (χ1) is 11.9. The van der Waals surface area contributed by atoms with Crippen LogP contribution in [0.15, 0.2) is 36.4 Å². The third kappa shape index (κ3) is 5.39. The monoisotopic (exact) mass is 347 g/mol. The lowest BCUT2D eigenvalue weighted by Crippen LogP contribution is -2.51. The molecule has 0 unspecified atom stereocenters. The number of carbonyl (C=O) groups excluding carboxylic acids is 2. The van der Waals surface area contributed by atoms with E-state index in [1.165, 1.54) is 24.3 Å². The van der Waals surface area contributed by atoms with Gasteiger partial charge in [0.15, 0.2) is 0 Å². The van der Waals surface area contributed by atoms with Crippen molar-refractivity contribution in [1.82, 2.24) is 14.7 Å². The Bertz CT molecular complexity index is 622. The van der Waals surface area contributed by atoms with Crippen LogP contribution in [0.25, 0.3) is 0 Å². The Kier molecular flexibility index (Phi) is 6.70. The molecule has 0 aromatic heterocycles. The minimum Gasteiger partial charge on any atom is -0.338 e. The second-order valence-electron chi connectivity index (χ2n) is 6.44. The molecule has 1 saturated heterocycles. The van der Waals surface area contributed by atoms with Crippen LogP contribution in [0.3, 0.4) is 0 Å². The molecule has 0 bridgehead atoms. The topological polar surface area (TPSA) is 43.9 Å². The molecule has 0 saturated carbocycles. The Balaban J connectivity index is 1.84. The molecule has 0 aliphatic carbocycles. The summed E-state index contributed by atoms with van der Waals surface area (Å²) in [5.74, 6) is -0.359. The van der Waals surface area contributed by atoms with Gasteiger partial charge in [-0.1, -0.05) is 12.2 Å². The van der Waals surface area contributed by atoms with Crippen molar-refractivity contribution >= 4 is 11.8 Å². The van der Waals surface area contributed by atoms with Crippen LogP contribution in [0.5, 0.6) is 0 Å². The molecular weight excluding hydrogens is 321 g/mol. The van der Waals surface area contributed by atoms with Gasteiger partial charge in [0, 0.05) is 44.8 Å². The molecule has 1 heterocycles. The first kappa shape index (κ1) is 19.1. The van der Waals surface area contributed by atoms with Crippen LogP contribution in [-0.4, -0.2) is 72.3 Å². The predicted molar refractivity (Wildman–Crippen MR) is 95.8 cm³/mol. The van der Waals surface area contributed by atoms with Gasteiger partial charge in [-0.05, 0) is 38.1 Å². The summed E-state index contributed by atoms with van der Waals surface area (Å²) in [6, 6.07) is 5.60. The number of amides is 2. The highest BCUT2D eigenvalue weighted by molar-refractivity contribution is 5.94. The number of nitrogens with zero attached hydrogens (tertiary/aromatic N) is 3. The van der Waals surface area contributed by atoms with Crippen molar-refractivity contribution in [3.05, 3.63) is 47.8 Å². The van der Waals surface area contributed by atoms with Crippen LogP contribution in [-0.2, 0) is 4.79 Å². The quantitative estimate of drug-likeness (QED) is 0.740. The number of piperazine rings is 1. The van der Waals surface area contributed by atoms with Crippen molar-refractivity contribution in [3.63, 3.8) is 0 Å². The molecule has 0 spiro atoms. The maximum absolute atomic E-state index is 13.0. The van der Waals surface area contributed by atoms with Gasteiger partial charge >= 0.3 is 0 Å². The Morgan fingerprint density at radius 3 is 2.28 bits per heavy atom. The first-order valence-electron chi connectivity index (χ1n) is 8.60. The fraction of sp³-hybridized carbons (Fsp3) is 0.474. The number of benzene rings is 1. The normalized spacial score (nSPS) is 15.1. The molecule has 0 atom stereocenters. The molecule has 1 aromatic carbocycles. The van der Waals surface area contributed by atoms with Crippen LogP contribution in [0, 0.1) is 5.82 Å². The Morgan fingerprint density at radius 1 is 1.16 bits per heavy atom. The fourth-order valence-electron chi connectivity index (χ4n) is 2.88. The van der Waals surface area contributed by atoms with Gasteiger partial charge in [-0.25, -0.2) is 4.39 Å². The second-order valence-corrected chi connectivity index (χ2v) is 6.44. The number of likely N-dealkylation sites (N-methyl/N-ethyl adjacent to an activating group) is 1. The molecule has 0 radical (unpaired) electrons. The average Bonchev–Trinajstić information content (AvgIpc) is 2.60. The van der Waals surface area contributed by atoms with Gasteiger partial charge in [0.25, 0.3) is 5.91 Å². The zero-order valence-electron chi connectivity index (χ0n) is 15.0. The zero-order chi connectivity index (χ0) is 18.4. The summed E-state index contributed by atoms with van der Waals surface area (Å²) in [6.07, 6.45) is 0. The number of halogens is 1. The Morgan fingerprint density at radius 2 is 1.76 bits per heavy atom. The van der Waals surface area contributed by atoms with Crippen LogP contribution in [0.4, 0.5) is 4.39 Å². The van der Waals surface area contributed by atoms with Crippen molar-refractivity contribution in [1.29, 1.82) is 0 Å². The third-order valence-corrected chi connectivity index (χ3v) is 4.30. The van der Waals surface area contributed by atoms with Crippen molar-refractivity contribution in [2.24, 2.45) is 0 Å².